The second kappa shape index (κ2) is 5.79. The molecule has 2 heterocycles. The number of nitrogens with zero attached hydrogens (tertiary/aromatic N) is 4. The molecule has 2 rings (SSSR count). The van der Waals surface area contributed by atoms with Gasteiger partial charge in [0.05, 0.1) is 4.92 Å². The smallest absolute Gasteiger partial charge is 0.329 e. The molecule has 19 heavy (non-hydrogen) atoms. The lowest BCUT2D eigenvalue weighted by atomic mass is 9.98. The first-order valence-electron chi connectivity index (χ1n) is 6.12. The molecule has 0 radical (unpaired) electrons. The molecule has 0 unspecified atom stereocenters. The highest BCUT2D eigenvalue weighted by Gasteiger charge is 2.26. The van der Waals surface area contributed by atoms with Gasteiger partial charge in [0.15, 0.2) is 0 Å². The van der Waals surface area contributed by atoms with Gasteiger partial charge in [-0.1, -0.05) is 0 Å². The predicted molar refractivity (Wildman–Crippen MR) is 69.9 cm³/mol. The van der Waals surface area contributed by atoms with Crippen LogP contribution in [-0.2, 0) is 4.74 Å². The van der Waals surface area contributed by atoms with Gasteiger partial charge in [-0.3, -0.25) is 10.1 Å². The van der Waals surface area contributed by atoms with Crippen molar-refractivity contribution in [1.82, 2.24) is 9.97 Å². The third kappa shape index (κ3) is 3.08. The second-order valence-corrected chi connectivity index (χ2v) is 4.58. The Bertz CT molecular complexity index is 460. The van der Waals surface area contributed by atoms with Crippen molar-refractivity contribution >= 4 is 17.5 Å². The Balaban J connectivity index is 2.14. The molecule has 0 aliphatic carbocycles. The fourth-order valence-corrected chi connectivity index (χ4v) is 2.29. The van der Waals surface area contributed by atoms with Crippen molar-refractivity contribution in [1.29, 1.82) is 0 Å². The molecule has 0 spiro atoms. The van der Waals surface area contributed by atoms with E-state index in [4.69, 9.17) is 10.5 Å². The molecular weight excluding hydrogens is 250 g/mol. The number of ether oxygens (including phenoxy) is 1. The van der Waals surface area contributed by atoms with Crippen molar-refractivity contribution < 1.29 is 9.66 Å². The summed E-state index contributed by atoms with van der Waals surface area (Å²) in [5.74, 6) is 0.868. The first kappa shape index (κ1) is 13.5. The van der Waals surface area contributed by atoms with Crippen molar-refractivity contribution in [2.45, 2.75) is 12.8 Å². The van der Waals surface area contributed by atoms with Crippen molar-refractivity contribution in [3.05, 3.63) is 16.3 Å². The number of nitrogens with two attached hydrogens (primary N) is 1. The van der Waals surface area contributed by atoms with Crippen LogP contribution in [0.25, 0.3) is 0 Å². The molecule has 1 aromatic rings. The van der Waals surface area contributed by atoms with Crippen molar-refractivity contribution in [2.75, 3.05) is 37.4 Å². The normalized spacial score (nSPS) is 16.6. The quantitative estimate of drug-likeness (QED) is 0.635. The largest absolute Gasteiger partial charge is 0.384 e. The molecule has 1 aliphatic rings. The number of methoxy groups -OCH3 is 1. The lowest BCUT2D eigenvalue weighted by Gasteiger charge is -2.32. The Labute approximate surface area is 110 Å². The average Bonchev–Trinajstić information content (AvgIpc) is 2.39. The number of piperidine rings is 1. The van der Waals surface area contributed by atoms with Gasteiger partial charge < -0.3 is 15.4 Å². The van der Waals surface area contributed by atoms with Gasteiger partial charge in [0.25, 0.3) is 0 Å². The third-order valence-corrected chi connectivity index (χ3v) is 3.28. The summed E-state index contributed by atoms with van der Waals surface area (Å²) in [6.07, 6.45) is 3.02. The molecule has 1 fully saturated rings. The van der Waals surface area contributed by atoms with E-state index in [0.717, 1.165) is 19.4 Å². The predicted octanol–water partition coefficient (Wildman–Crippen LogP) is 0.830. The molecular formula is C11H17N5O3. The summed E-state index contributed by atoms with van der Waals surface area (Å²) < 4.78 is 5.13. The number of rotatable bonds is 4. The van der Waals surface area contributed by atoms with Gasteiger partial charge in [0.2, 0.25) is 11.8 Å². The molecule has 104 valence electrons. The average molecular weight is 267 g/mol. The van der Waals surface area contributed by atoms with E-state index >= 15 is 0 Å². The lowest BCUT2D eigenvalue weighted by molar-refractivity contribution is -0.384. The fraction of sp³-hybridized carbons (Fsp3) is 0.636. The van der Waals surface area contributed by atoms with Gasteiger partial charge in [0, 0.05) is 26.8 Å². The minimum atomic E-state index is -0.476. The van der Waals surface area contributed by atoms with E-state index in [1.54, 1.807) is 7.11 Å². The molecule has 1 aromatic heterocycles. The molecule has 8 heteroatoms. The van der Waals surface area contributed by atoms with Crippen LogP contribution in [0.5, 0.6) is 0 Å². The number of hydrogen-bond donors (Lipinski definition) is 1. The summed E-state index contributed by atoms with van der Waals surface area (Å²) in [4.78, 5) is 20.1. The van der Waals surface area contributed by atoms with E-state index in [1.807, 2.05) is 4.90 Å². The zero-order valence-corrected chi connectivity index (χ0v) is 10.8. The number of aromatic nitrogens is 2. The highest BCUT2D eigenvalue weighted by atomic mass is 16.6. The van der Waals surface area contributed by atoms with Crippen LogP contribution in [0, 0.1) is 16.0 Å². The number of nitro groups is 1. The van der Waals surface area contributed by atoms with E-state index in [2.05, 4.69) is 9.97 Å². The molecule has 0 amide bonds. The van der Waals surface area contributed by atoms with Crippen LogP contribution in [0.1, 0.15) is 12.8 Å². The van der Waals surface area contributed by atoms with Crippen LogP contribution in [0.4, 0.5) is 17.5 Å². The van der Waals surface area contributed by atoms with Crippen molar-refractivity contribution in [3.63, 3.8) is 0 Å². The molecule has 1 saturated heterocycles. The van der Waals surface area contributed by atoms with Gasteiger partial charge in [0.1, 0.15) is 6.20 Å². The minimum Gasteiger partial charge on any atom is -0.384 e. The lowest BCUT2D eigenvalue weighted by Crippen LogP contribution is -2.36. The number of anilines is 2. The number of nitrogen functional groups attached to an aromatic ring is 1. The van der Waals surface area contributed by atoms with E-state index < -0.39 is 4.92 Å². The van der Waals surface area contributed by atoms with Gasteiger partial charge in [-0.15, -0.1) is 0 Å². The minimum absolute atomic E-state index is 0.0552. The maximum atomic E-state index is 11.0. The molecule has 0 bridgehead atoms. The summed E-state index contributed by atoms with van der Waals surface area (Å²) in [6, 6.07) is 0. The van der Waals surface area contributed by atoms with Crippen LogP contribution in [0.15, 0.2) is 6.20 Å². The van der Waals surface area contributed by atoms with E-state index in [0.29, 0.717) is 24.8 Å². The highest BCUT2D eigenvalue weighted by Crippen LogP contribution is 2.29. The maximum absolute atomic E-state index is 11.0. The Morgan fingerprint density at radius 3 is 2.84 bits per heavy atom. The third-order valence-electron chi connectivity index (χ3n) is 3.28. The Kier molecular flexibility index (Phi) is 4.10. The molecule has 2 N–H and O–H groups in total. The van der Waals surface area contributed by atoms with Crippen LogP contribution in [0.3, 0.4) is 0 Å². The summed E-state index contributed by atoms with van der Waals surface area (Å²) >= 11 is 0. The van der Waals surface area contributed by atoms with Crippen LogP contribution in [0.2, 0.25) is 0 Å². The summed E-state index contributed by atoms with van der Waals surface area (Å²) in [5, 5.41) is 11.0. The fourth-order valence-electron chi connectivity index (χ4n) is 2.29. The van der Waals surface area contributed by atoms with Crippen molar-refractivity contribution in [3.8, 4) is 0 Å². The van der Waals surface area contributed by atoms with E-state index in [1.165, 1.54) is 6.20 Å². The molecule has 0 saturated carbocycles. The summed E-state index contributed by atoms with van der Waals surface area (Å²) in [6.45, 7) is 2.15. The van der Waals surface area contributed by atoms with Crippen LogP contribution < -0.4 is 10.6 Å². The van der Waals surface area contributed by atoms with Crippen molar-refractivity contribution in [2.24, 2.45) is 5.92 Å². The Hall–Kier alpha value is -1.96. The summed E-state index contributed by atoms with van der Waals surface area (Å²) in [7, 11) is 1.68. The highest BCUT2D eigenvalue weighted by molar-refractivity contribution is 5.58. The van der Waals surface area contributed by atoms with Gasteiger partial charge in [-0.2, -0.15) is 4.98 Å². The van der Waals surface area contributed by atoms with Gasteiger partial charge in [-0.25, -0.2) is 4.98 Å². The molecule has 0 aromatic carbocycles. The van der Waals surface area contributed by atoms with Crippen LogP contribution >= 0.6 is 0 Å². The first-order chi connectivity index (χ1) is 9.11. The second-order valence-electron chi connectivity index (χ2n) is 4.58. The molecule has 8 nitrogen and oxygen atoms in total. The molecule has 1 aliphatic heterocycles. The SMILES string of the molecule is COCC1CCN(c2nc(N)ncc2[N+](=O)[O-])CC1. The van der Waals surface area contributed by atoms with Gasteiger partial charge >= 0.3 is 5.69 Å². The zero-order valence-electron chi connectivity index (χ0n) is 10.8. The topological polar surface area (TPSA) is 107 Å². The van der Waals surface area contributed by atoms with Gasteiger partial charge in [-0.05, 0) is 18.8 Å². The van der Waals surface area contributed by atoms with Crippen LogP contribution in [-0.4, -0.2) is 41.7 Å². The zero-order chi connectivity index (χ0) is 13.8. The Morgan fingerprint density at radius 1 is 1.58 bits per heavy atom. The number of hydrogen-bond acceptors (Lipinski definition) is 7. The van der Waals surface area contributed by atoms with E-state index in [-0.39, 0.29) is 11.6 Å². The maximum Gasteiger partial charge on any atom is 0.329 e. The monoisotopic (exact) mass is 267 g/mol. The van der Waals surface area contributed by atoms with E-state index in [9.17, 15) is 10.1 Å². The summed E-state index contributed by atoms with van der Waals surface area (Å²) in [5.41, 5.74) is 5.42. The standard InChI is InChI=1S/C11H17N5O3/c1-19-7-8-2-4-15(5-3-8)10-9(16(17)18)6-13-11(12)14-10/h6,8H,2-5,7H2,1H3,(H2,12,13,14). The first-order valence-corrected chi connectivity index (χ1v) is 6.12. The Morgan fingerprint density at radius 2 is 2.26 bits per heavy atom. The molecule has 0 atom stereocenters.